The van der Waals surface area contributed by atoms with E-state index in [1.807, 2.05) is 13.0 Å². The van der Waals surface area contributed by atoms with E-state index in [9.17, 15) is 14.7 Å². The number of rotatable bonds is 8. The monoisotopic (exact) mass is 418 g/mol. The predicted octanol–water partition coefficient (Wildman–Crippen LogP) is 4.24. The fourth-order valence-electron chi connectivity index (χ4n) is 3.59. The number of nitrogens with zero attached hydrogens (tertiary/aromatic N) is 2. The normalized spacial score (nSPS) is 16.1. The van der Waals surface area contributed by atoms with Crippen LogP contribution in [0, 0.1) is 0 Å². The Morgan fingerprint density at radius 1 is 1.19 bits per heavy atom. The zero-order valence-corrected chi connectivity index (χ0v) is 17.0. The van der Waals surface area contributed by atoms with E-state index < -0.39 is 23.5 Å². The number of carbonyl (C=O) groups excluding carboxylic acids is 2. The Labute approximate surface area is 179 Å². The van der Waals surface area contributed by atoms with Crippen molar-refractivity contribution in [3.63, 3.8) is 0 Å². The first-order valence-electron chi connectivity index (χ1n) is 10.0. The standard InChI is InChI=1S/C24H22N2O5/c1-2-12-30-18-9-7-17(8-10-18)21-20(22(27)19-6-4-13-31-19)23(28)24(29)26(21)15-16-5-3-11-25-14-16/h3-11,13-14,21,28H,2,12,15H2,1H3/t21-/m0/s1. The van der Waals surface area contributed by atoms with E-state index in [4.69, 9.17) is 9.15 Å². The molecule has 3 aromatic rings. The Kier molecular flexibility index (Phi) is 5.84. The molecule has 1 aliphatic rings. The highest BCUT2D eigenvalue weighted by molar-refractivity contribution is 6.14. The van der Waals surface area contributed by atoms with Gasteiger partial charge in [-0.25, -0.2) is 0 Å². The first-order valence-corrected chi connectivity index (χ1v) is 10.0. The van der Waals surface area contributed by atoms with Gasteiger partial charge in [0.1, 0.15) is 5.75 Å². The molecule has 0 radical (unpaired) electrons. The van der Waals surface area contributed by atoms with E-state index in [0.717, 1.165) is 12.0 Å². The summed E-state index contributed by atoms with van der Waals surface area (Å²) in [6.07, 6.45) is 5.55. The number of carbonyl (C=O) groups is 2. The van der Waals surface area contributed by atoms with E-state index in [-0.39, 0.29) is 17.9 Å². The number of aliphatic hydroxyl groups is 1. The van der Waals surface area contributed by atoms with Crippen LogP contribution in [0.2, 0.25) is 0 Å². The summed E-state index contributed by atoms with van der Waals surface area (Å²) in [5.74, 6) is -0.955. The summed E-state index contributed by atoms with van der Waals surface area (Å²) in [5, 5.41) is 10.7. The average molecular weight is 418 g/mol. The fourth-order valence-corrected chi connectivity index (χ4v) is 3.59. The lowest BCUT2D eigenvalue weighted by Crippen LogP contribution is -2.30. The van der Waals surface area contributed by atoms with Crippen LogP contribution in [0.4, 0.5) is 0 Å². The van der Waals surface area contributed by atoms with Gasteiger partial charge in [0.15, 0.2) is 11.5 Å². The number of aromatic nitrogens is 1. The van der Waals surface area contributed by atoms with Crippen LogP contribution in [0.1, 0.15) is 41.1 Å². The predicted molar refractivity (Wildman–Crippen MR) is 112 cm³/mol. The van der Waals surface area contributed by atoms with E-state index >= 15 is 0 Å². The number of Topliss-reactive ketones (excluding diaryl/α,β-unsaturated/α-hetero) is 1. The Balaban J connectivity index is 1.73. The van der Waals surface area contributed by atoms with Crippen molar-refractivity contribution < 1.29 is 23.8 Å². The van der Waals surface area contributed by atoms with Crippen molar-refractivity contribution in [1.29, 1.82) is 0 Å². The number of benzene rings is 1. The number of aliphatic hydroxyl groups excluding tert-OH is 1. The van der Waals surface area contributed by atoms with Gasteiger partial charge in [-0.2, -0.15) is 0 Å². The molecule has 2 aromatic heterocycles. The zero-order chi connectivity index (χ0) is 21.8. The summed E-state index contributed by atoms with van der Waals surface area (Å²) >= 11 is 0. The maximum absolute atomic E-state index is 13.1. The second-order valence-corrected chi connectivity index (χ2v) is 7.18. The van der Waals surface area contributed by atoms with Crippen molar-refractivity contribution in [3.8, 4) is 5.75 Å². The topological polar surface area (TPSA) is 92.9 Å². The first kappa shape index (κ1) is 20.4. The molecule has 158 valence electrons. The van der Waals surface area contributed by atoms with Gasteiger partial charge in [0.2, 0.25) is 5.78 Å². The number of furan rings is 1. The number of amides is 1. The quantitative estimate of drug-likeness (QED) is 0.550. The molecular weight excluding hydrogens is 396 g/mol. The lowest BCUT2D eigenvalue weighted by Gasteiger charge is -2.26. The number of ketones is 1. The van der Waals surface area contributed by atoms with Crippen molar-refractivity contribution in [2.24, 2.45) is 0 Å². The third-order valence-electron chi connectivity index (χ3n) is 5.04. The lowest BCUT2D eigenvalue weighted by molar-refractivity contribution is -0.130. The Bertz CT molecular complexity index is 1090. The second kappa shape index (κ2) is 8.87. The Morgan fingerprint density at radius 2 is 2.00 bits per heavy atom. The third kappa shape index (κ3) is 4.07. The van der Waals surface area contributed by atoms with Crippen LogP contribution in [-0.2, 0) is 11.3 Å². The summed E-state index contributed by atoms with van der Waals surface area (Å²) in [4.78, 5) is 31.7. The van der Waals surface area contributed by atoms with Gasteiger partial charge < -0.3 is 19.2 Å². The van der Waals surface area contributed by atoms with Crippen LogP contribution >= 0.6 is 0 Å². The molecule has 1 atom stereocenters. The van der Waals surface area contributed by atoms with Gasteiger partial charge in [-0.15, -0.1) is 0 Å². The molecule has 0 bridgehead atoms. The molecule has 0 unspecified atom stereocenters. The van der Waals surface area contributed by atoms with Crippen LogP contribution < -0.4 is 4.74 Å². The molecule has 31 heavy (non-hydrogen) atoms. The maximum Gasteiger partial charge on any atom is 0.290 e. The Hall–Kier alpha value is -3.87. The highest BCUT2D eigenvalue weighted by Crippen LogP contribution is 2.40. The molecule has 0 saturated heterocycles. The van der Waals surface area contributed by atoms with Crippen LogP contribution in [0.3, 0.4) is 0 Å². The van der Waals surface area contributed by atoms with E-state index in [1.54, 1.807) is 48.8 Å². The average Bonchev–Trinajstić information content (AvgIpc) is 3.42. The van der Waals surface area contributed by atoms with Crippen LogP contribution in [0.5, 0.6) is 5.75 Å². The summed E-state index contributed by atoms with van der Waals surface area (Å²) in [6, 6.07) is 13.1. The van der Waals surface area contributed by atoms with Crippen molar-refractivity contribution in [3.05, 3.63) is 95.4 Å². The lowest BCUT2D eigenvalue weighted by atomic mass is 9.95. The minimum Gasteiger partial charge on any atom is -0.503 e. The molecule has 0 saturated carbocycles. The smallest absolute Gasteiger partial charge is 0.290 e. The van der Waals surface area contributed by atoms with E-state index in [1.165, 1.54) is 17.2 Å². The van der Waals surface area contributed by atoms with Gasteiger partial charge >= 0.3 is 0 Å². The van der Waals surface area contributed by atoms with Crippen molar-refractivity contribution in [1.82, 2.24) is 9.88 Å². The largest absolute Gasteiger partial charge is 0.503 e. The number of hydrogen-bond donors (Lipinski definition) is 1. The molecule has 1 aliphatic heterocycles. The number of ether oxygens (including phenoxy) is 1. The van der Waals surface area contributed by atoms with Gasteiger partial charge in [0, 0.05) is 18.9 Å². The number of pyridine rings is 1. The molecule has 7 heteroatoms. The minimum atomic E-state index is -0.773. The number of hydrogen-bond acceptors (Lipinski definition) is 6. The molecule has 0 aliphatic carbocycles. The van der Waals surface area contributed by atoms with E-state index in [0.29, 0.717) is 17.9 Å². The molecule has 1 N–H and O–H groups in total. The molecule has 4 rings (SSSR count). The molecule has 0 fully saturated rings. The van der Waals surface area contributed by atoms with Gasteiger partial charge in [-0.3, -0.25) is 14.6 Å². The summed E-state index contributed by atoms with van der Waals surface area (Å²) in [7, 11) is 0. The van der Waals surface area contributed by atoms with Gasteiger partial charge in [0.05, 0.1) is 24.5 Å². The van der Waals surface area contributed by atoms with E-state index in [2.05, 4.69) is 4.98 Å². The fraction of sp³-hybridized carbons (Fsp3) is 0.208. The van der Waals surface area contributed by atoms with Crippen LogP contribution in [-0.4, -0.2) is 33.3 Å². The zero-order valence-electron chi connectivity index (χ0n) is 17.0. The molecule has 1 aromatic carbocycles. The van der Waals surface area contributed by atoms with Crippen LogP contribution in [0.15, 0.2) is 82.9 Å². The molecule has 7 nitrogen and oxygen atoms in total. The first-order chi connectivity index (χ1) is 15.1. The molecule has 1 amide bonds. The Morgan fingerprint density at radius 3 is 2.65 bits per heavy atom. The van der Waals surface area contributed by atoms with Crippen molar-refractivity contribution in [2.45, 2.75) is 25.9 Å². The molecule has 3 heterocycles. The highest BCUT2D eigenvalue weighted by atomic mass is 16.5. The third-order valence-corrected chi connectivity index (χ3v) is 5.04. The summed E-state index contributed by atoms with van der Waals surface area (Å²) in [6.45, 7) is 2.80. The van der Waals surface area contributed by atoms with Crippen molar-refractivity contribution in [2.75, 3.05) is 6.61 Å². The summed E-state index contributed by atoms with van der Waals surface area (Å²) < 4.78 is 10.9. The highest BCUT2D eigenvalue weighted by Gasteiger charge is 2.44. The minimum absolute atomic E-state index is 0.00827. The summed E-state index contributed by atoms with van der Waals surface area (Å²) in [5.41, 5.74) is 1.45. The van der Waals surface area contributed by atoms with Crippen LogP contribution in [0.25, 0.3) is 0 Å². The molecule has 0 spiro atoms. The van der Waals surface area contributed by atoms with Gasteiger partial charge in [-0.05, 0) is 47.9 Å². The van der Waals surface area contributed by atoms with Gasteiger partial charge in [0.25, 0.3) is 5.91 Å². The second-order valence-electron chi connectivity index (χ2n) is 7.18. The van der Waals surface area contributed by atoms with Gasteiger partial charge in [-0.1, -0.05) is 25.1 Å². The molecular formula is C24H22N2O5. The SMILES string of the molecule is CCCOc1ccc([C@H]2C(C(=O)c3ccco3)=C(O)C(=O)N2Cc2cccnc2)cc1. The van der Waals surface area contributed by atoms with Crippen molar-refractivity contribution >= 4 is 11.7 Å². The maximum atomic E-state index is 13.1.